The van der Waals surface area contributed by atoms with Gasteiger partial charge in [-0.15, -0.1) is 0 Å². The molecule has 18 heavy (non-hydrogen) atoms. The molecule has 2 aromatic heterocycles. The number of aryl methyl sites for hydroxylation is 1. The third kappa shape index (κ3) is 1.79. The Kier molecular flexibility index (Phi) is 2.80. The lowest BCUT2D eigenvalue weighted by molar-refractivity contribution is 0.998. The van der Waals surface area contributed by atoms with Crippen molar-refractivity contribution in [1.29, 1.82) is 0 Å². The van der Waals surface area contributed by atoms with E-state index in [4.69, 9.17) is 11.6 Å². The molecule has 0 aliphatic heterocycles. The number of hydrogen-bond donors (Lipinski definition) is 0. The summed E-state index contributed by atoms with van der Waals surface area (Å²) < 4.78 is 2.97. The third-order valence-corrected chi connectivity index (χ3v) is 3.46. The number of aromatic nitrogens is 4. The van der Waals surface area contributed by atoms with Crippen LogP contribution in [0.4, 0.5) is 0 Å². The van der Waals surface area contributed by atoms with Crippen LogP contribution in [0.5, 0.6) is 0 Å². The first-order chi connectivity index (χ1) is 8.66. The van der Waals surface area contributed by atoms with Crippen molar-refractivity contribution in [3.8, 4) is 5.69 Å². The van der Waals surface area contributed by atoms with Gasteiger partial charge in [-0.3, -0.25) is 4.57 Å². The summed E-state index contributed by atoms with van der Waals surface area (Å²) in [7, 11) is 0. The van der Waals surface area contributed by atoms with Crippen LogP contribution in [0, 0.1) is 6.92 Å². The van der Waals surface area contributed by atoms with Crippen LogP contribution in [0.15, 0.2) is 35.1 Å². The van der Waals surface area contributed by atoms with Crippen molar-refractivity contribution < 1.29 is 0 Å². The summed E-state index contributed by atoms with van der Waals surface area (Å²) >= 11 is 9.55. The Bertz CT molecular complexity index is 721. The van der Waals surface area contributed by atoms with Gasteiger partial charge in [0.15, 0.2) is 10.8 Å². The molecule has 4 nitrogen and oxygen atoms in total. The van der Waals surface area contributed by atoms with E-state index in [1.165, 1.54) is 6.33 Å². The zero-order valence-corrected chi connectivity index (χ0v) is 11.8. The Hall–Kier alpha value is -1.46. The summed E-state index contributed by atoms with van der Waals surface area (Å²) in [6.45, 7) is 1.92. The summed E-state index contributed by atoms with van der Waals surface area (Å²) in [5.41, 5.74) is 2.32. The highest BCUT2D eigenvalue weighted by Gasteiger charge is 2.13. The maximum absolute atomic E-state index is 6.14. The van der Waals surface area contributed by atoms with Gasteiger partial charge >= 0.3 is 0 Å². The van der Waals surface area contributed by atoms with E-state index in [2.05, 4.69) is 30.9 Å². The highest BCUT2D eigenvalue weighted by atomic mass is 79.9. The normalized spacial score (nSPS) is 11.1. The maximum Gasteiger partial charge on any atom is 0.182 e. The quantitative estimate of drug-likeness (QED) is 0.643. The van der Waals surface area contributed by atoms with E-state index >= 15 is 0 Å². The fourth-order valence-electron chi connectivity index (χ4n) is 1.89. The molecule has 0 amide bonds. The first-order valence-corrected chi connectivity index (χ1v) is 6.45. The van der Waals surface area contributed by atoms with Crippen LogP contribution in [-0.4, -0.2) is 19.5 Å². The zero-order valence-electron chi connectivity index (χ0n) is 9.43. The molecule has 0 fully saturated rings. The van der Waals surface area contributed by atoms with Crippen molar-refractivity contribution in [1.82, 2.24) is 19.5 Å². The zero-order chi connectivity index (χ0) is 12.7. The Labute approximate surface area is 117 Å². The Morgan fingerprint density at radius 3 is 2.61 bits per heavy atom. The lowest BCUT2D eigenvalue weighted by atomic mass is 10.3. The number of rotatable bonds is 1. The number of nitrogens with zero attached hydrogens (tertiary/aromatic N) is 4. The molecule has 6 heteroatoms. The second-order valence-corrected chi connectivity index (χ2v) is 5.08. The molecule has 0 saturated carbocycles. The van der Waals surface area contributed by atoms with Crippen molar-refractivity contribution in [3.63, 3.8) is 0 Å². The molecule has 0 N–H and O–H groups in total. The standard InChI is InChI=1S/C12H8BrClN4/c1-7-17-12-10(11(14)15-6-16-12)18(7)9-4-2-8(13)3-5-9/h2-6H,1H3. The van der Waals surface area contributed by atoms with E-state index in [1.54, 1.807) is 0 Å². The fraction of sp³-hybridized carbons (Fsp3) is 0.0833. The van der Waals surface area contributed by atoms with Crippen molar-refractivity contribution in [2.75, 3.05) is 0 Å². The van der Waals surface area contributed by atoms with Gasteiger partial charge in [0.25, 0.3) is 0 Å². The monoisotopic (exact) mass is 322 g/mol. The smallest absolute Gasteiger partial charge is 0.182 e. The minimum Gasteiger partial charge on any atom is -0.292 e. The van der Waals surface area contributed by atoms with Crippen molar-refractivity contribution in [2.45, 2.75) is 6.92 Å². The van der Waals surface area contributed by atoms with Gasteiger partial charge in [-0.2, -0.15) is 0 Å². The van der Waals surface area contributed by atoms with Crippen molar-refractivity contribution in [3.05, 3.63) is 46.0 Å². The second kappa shape index (κ2) is 4.33. The first kappa shape index (κ1) is 11.6. The van der Waals surface area contributed by atoms with Gasteiger partial charge < -0.3 is 0 Å². The molecular weight excluding hydrogens is 316 g/mol. The van der Waals surface area contributed by atoms with Crippen LogP contribution < -0.4 is 0 Å². The largest absolute Gasteiger partial charge is 0.292 e. The Morgan fingerprint density at radius 2 is 1.89 bits per heavy atom. The maximum atomic E-state index is 6.14. The molecule has 1 aromatic carbocycles. The molecule has 90 valence electrons. The molecule has 0 radical (unpaired) electrons. The number of fused-ring (bicyclic) bond motifs is 1. The number of hydrogen-bond acceptors (Lipinski definition) is 3. The molecule has 0 aliphatic rings. The van der Waals surface area contributed by atoms with Gasteiger partial charge in [-0.25, -0.2) is 15.0 Å². The minimum absolute atomic E-state index is 0.406. The van der Waals surface area contributed by atoms with Crippen molar-refractivity contribution >= 4 is 38.7 Å². The van der Waals surface area contributed by atoms with Gasteiger partial charge in [0.05, 0.1) is 0 Å². The van der Waals surface area contributed by atoms with Gasteiger partial charge in [0, 0.05) is 10.2 Å². The lowest BCUT2D eigenvalue weighted by Crippen LogP contribution is -1.97. The molecule has 3 rings (SSSR count). The Morgan fingerprint density at radius 1 is 1.17 bits per heavy atom. The topological polar surface area (TPSA) is 43.6 Å². The van der Waals surface area contributed by atoms with Gasteiger partial charge in [0.2, 0.25) is 0 Å². The van der Waals surface area contributed by atoms with E-state index in [-0.39, 0.29) is 0 Å². The summed E-state index contributed by atoms with van der Waals surface area (Å²) in [5, 5.41) is 0.406. The average molecular weight is 324 g/mol. The van der Waals surface area contributed by atoms with E-state index in [0.717, 1.165) is 21.5 Å². The summed E-state index contributed by atoms with van der Waals surface area (Å²) in [4.78, 5) is 12.5. The van der Waals surface area contributed by atoms with Gasteiger partial charge in [-0.1, -0.05) is 27.5 Å². The summed E-state index contributed by atoms with van der Waals surface area (Å²) in [5.74, 6) is 0.828. The third-order valence-electron chi connectivity index (χ3n) is 2.66. The summed E-state index contributed by atoms with van der Waals surface area (Å²) in [6, 6.07) is 7.92. The predicted octanol–water partition coefficient (Wildman–Crippen LogP) is 3.54. The molecule has 0 atom stereocenters. The molecule has 2 heterocycles. The molecule has 3 aromatic rings. The number of benzene rings is 1. The van der Waals surface area contributed by atoms with E-state index in [1.807, 2.05) is 35.8 Å². The van der Waals surface area contributed by atoms with Crippen molar-refractivity contribution in [2.24, 2.45) is 0 Å². The van der Waals surface area contributed by atoms with Gasteiger partial charge in [0.1, 0.15) is 17.7 Å². The number of halogens is 2. The van der Waals surface area contributed by atoms with E-state index < -0.39 is 0 Å². The predicted molar refractivity (Wildman–Crippen MR) is 74.1 cm³/mol. The van der Waals surface area contributed by atoms with Crippen LogP contribution in [0.3, 0.4) is 0 Å². The molecule has 0 bridgehead atoms. The summed E-state index contributed by atoms with van der Waals surface area (Å²) in [6.07, 6.45) is 1.42. The second-order valence-electron chi connectivity index (χ2n) is 3.81. The lowest BCUT2D eigenvalue weighted by Gasteiger charge is -2.07. The van der Waals surface area contributed by atoms with Crippen LogP contribution in [0.1, 0.15) is 5.82 Å². The van der Waals surface area contributed by atoms with Crippen LogP contribution in [0.25, 0.3) is 16.9 Å². The molecular formula is C12H8BrClN4. The fourth-order valence-corrected chi connectivity index (χ4v) is 2.37. The van der Waals surface area contributed by atoms with Gasteiger partial charge in [-0.05, 0) is 31.2 Å². The van der Waals surface area contributed by atoms with Crippen LogP contribution in [-0.2, 0) is 0 Å². The van der Waals surface area contributed by atoms with E-state index in [9.17, 15) is 0 Å². The SMILES string of the molecule is Cc1nc2ncnc(Cl)c2n1-c1ccc(Br)cc1. The number of imidazole rings is 1. The molecule has 0 saturated heterocycles. The average Bonchev–Trinajstić information content (AvgIpc) is 2.68. The highest BCUT2D eigenvalue weighted by Crippen LogP contribution is 2.25. The van der Waals surface area contributed by atoms with Crippen LogP contribution in [0.2, 0.25) is 5.15 Å². The molecule has 0 unspecified atom stereocenters. The molecule has 0 aliphatic carbocycles. The minimum atomic E-state index is 0.406. The van der Waals surface area contributed by atoms with E-state index in [0.29, 0.717) is 10.8 Å². The highest BCUT2D eigenvalue weighted by molar-refractivity contribution is 9.10. The molecule has 0 spiro atoms. The first-order valence-electron chi connectivity index (χ1n) is 5.28. The van der Waals surface area contributed by atoms with Crippen LogP contribution >= 0.6 is 27.5 Å². The Balaban J connectivity index is 2.34.